The van der Waals surface area contributed by atoms with Gasteiger partial charge in [-0.15, -0.1) is 0 Å². The Balaban J connectivity index is 1.36. The molecule has 0 N–H and O–H groups in total. The second kappa shape index (κ2) is 7.09. The van der Waals surface area contributed by atoms with E-state index in [1.165, 1.54) is 0 Å². The van der Waals surface area contributed by atoms with E-state index < -0.39 is 12.1 Å². The Hall–Kier alpha value is -2.99. The van der Waals surface area contributed by atoms with Crippen LogP contribution in [0.2, 0.25) is 5.02 Å². The van der Waals surface area contributed by atoms with Gasteiger partial charge in [0, 0.05) is 10.6 Å². The maximum Gasteiger partial charge on any atom is 0.351 e. The van der Waals surface area contributed by atoms with Crippen molar-refractivity contribution in [2.45, 2.75) is 12.7 Å². The van der Waals surface area contributed by atoms with E-state index in [4.69, 9.17) is 30.2 Å². The molecule has 0 saturated heterocycles. The molecule has 1 atom stereocenters. The molecule has 0 saturated carbocycles. The van der Waals surface area contributed by atoms with E-state index in [0.29, 0.717) is 28.2 Å². The summed E-state index contributed by atoms with van der Waals surface area (Å²) < 4.78 is 21.9. The lowest BCUT2D eigenvalue weighted by atomic mass is 10.2. The highest BCUT2D eigenvalue weighted by atomic mass is 35.5. The predicted molar refractivity (Wildman–Crippen MR) is 93.1 cm³/mol. The van der Waals surface area contributed by atoms with Crippen LogP contribution in [0.5, 0.6) is 11.5 Å². The van der Waals surface area contributed by atoms with Gasteiger partial charge in [0.05, 0.1) is 6.20 Å². The number of nitrogens with zero attached hydrogens (tertiary/aromatic N) is 1. The number of hydrogen-bond donors (Lipinski definition) is 0. The molecule has 4 rings (SSSR count). The van der Waals surface area contributed by atoms with Crippen LogP contribution >= 0.6 is 11.6 Å². The summed E-state index contributed by atoms with van der Waals surface area (Å²) in [6.45, 7) is 0.00534. The van der Waals surface area contributed by atoms with Gasteiger partial charge in [0.25, 0.3) is 0 Å². The summed E-state index contributed by atoms with van der Waals surface area (Å²) >= 11 is 5.87. The van der Waals surface area contributed by atoms with E-state index in [1.54, 1.807) is 36.5 Å². The van der Waals surface area contributed by atoms with Gasteiger partial charge in [-0.05, 0) is 36.4 Å². The first kappa shape index (κ1) is 16.5. The van der Waals surface area contributed by atoms with Crippen molar-refractivity contribution in [1.82, 2.24) is 4.98 Å². The molecule has 1 aliphatic rings. The normalized spacial score (nSPS) is 15.5. The summed E-state index contributed by atoms with van der Waals surface area (Å²) in [7, 11) is 0. The van der Waals surface area contributed by atoms with Gasteiger partial charge in [0.1, 0.15) is 6.61 Å². The van der Waals surface area contributed by atoms with Crippen LogP contribution in [0.25, 0.3) is 11.3 Å². The van der Waals surface area contributed by atoms with Crippen LogP contribution in [0.4, 0.5) is 0 Å². The van der Waals surface area contributed by atoms with Gasteiger partial charge in [0.15, 0.2) is 23.9 Å². The van der Waals surface area contributed by atoms with Crippen molar-refractivity contribution in [3.8, 4) is 22.8 Å². The molecule has 1 aromatic heterocycles. The van der Waals surface area contributed by atoms with E-state index in [1.807, 2.05) is 18.2 Å². The van der Waals surface area contributed by atoms with Crippen molar-refractivity contribution >= 4 is 17.6 Å². The minimum atomic E-state index is -0.824. The highest BCUT2D eigenvalue weighted by Crippen LogP contribution is 2.31. The Labute approximate surface area is 154 Å². The van der Waals surface area contributed by atoms with Crippen molar-refractivity contribution < 1.29 is 23.4 Å². The fourth-order valence-corrected chi connectivity index (χ4v) is 2.61. The number of rotatable bonds is 4. The molecule has 0 radical (unpaired) electrons. The molecule has 0 amide bonds. The highest BCUT2D eigenvalue weighted by molar-refractivity contribution is 6.30. The van der Waals surface area contributed by atoms with Gasteiger partial charge in [-0.1, -0.05) is 23.7 Å². The van der Waals surface area contributed by atoms with Crippen LogP contribution in [0.3, 0.4) is 0 Å². The molecule has 0 aliphatic carbocycles. The third-order valence-corrected chi connectivity index (χ3v) is 4.04. The Bertz CT molecular complexity index is 922. The highest BCUT2D eigenvalue weighted by Gasteiger charge is 2.29. The van der Waals surface area contributed by atoms with Crippen molar-refractivity contribution in [2.24, 2.45) is 0 Å². The van der Waals surface area contributed by atoms with Gasteiger partial charge in [-0.25, -0.2) is 9.78 Å². The number of carbonyl (C=O) groups excluding carboxylic acids is 1. The molecule has 26 heavy (non-hydrogen) atoms. The summed E-state index contributed by atoms with van der Waals surface area (Å²) in [6, 6.07) is 14.3. The summed E-state index contributed by atoms with van der Waals surface area (Å²) in [5.74, 6) is 1.45. The van der Waals surface area contributed by atoms with Crippen LogP contribution in [0, 0.1) is 0 Å². The van der Waals surface area contributed by atoms with Crippen molar-refractivity contribution in [2.75, 3.05) is 6.61 Å². The number of aromatic nitrogens is 1. The second-order valence-electron chi connectivity index (χ2n) is 5.60. The van der Waals surface area contributed by atoms with Crippen molar-refractivity contribution in [3.05, 3.63) is 65.6 Å². The predicted octanol–water partition coefficient (Wildman–Crippen LogP) is 3.88. The van der Waals surface area contributed by atoms with Crippen molar-refractivity contribution in [1.29, 1.82) is 0 Å². The largest absolute Gasteiger partial charge is 0.485 e. The second-order valence-corrected chi connectivity index (χ2v) is 6.03. The van der Waals surface area contributed by atoms with Crippen LogP contribution in [-0.2, 0) is 16.1 Å². The molecule has 3 aromatic rings. The van der Waals surface area contributed by atoms with Crippen molar-refractivity contribution in [3.63, 3.8) is 0 Å². The molecule has 7 heteroatoms. The summed E-state index contributed by atoms with van der Waals surface area (Å²) in [5, 5.41) is 0.638. The summed E-state index contributed by atoms with van der Waals surface area (Å²) in [4.78, 5) is 16.3. The average Bonchev–Trinajstić information content (AvgIpc) is 3.15. The molecule has 2 aromatic carbocycles. The number of oxazole rings is 1. The fraction of sp³-hybridized carbons (Fsp3) is 0.158. The number of benzene rings is 2. The summed E-state index contributed by atoms with van der Waals surface area (Å²) in [5.41, 5.74) is 0.833. The maximum absolute atomic E-state index is 12.2. The number of hydrogen-bond acceptors (Lipinski definition) is 6. The Kier molecular flexibility index (Phi) is 4.50. The number of ether oxygens (including phenoxy) is 3. The lowest BCUT2D eigenvalue weighted by Gasteiger charge is -2.24. The third kappa shape index (κ3) is 3.50. The monoisotopic (exact) mass is 371 g/mol. The lowest BCUT2D eigenvalue weighted by molar-refractivity contribution is -0.156. The number of fused-ring (bicyclic) bond motifs is 1. The lowest BCUT2D eigenvalue weighted by Crippen LogP contribution is -2.37. The van der Waals surface area contributed by atoms with Crippen LogP contribution in [-0.4, -0.2) is 23.7 Å². The molecule has 6 nitrogen and oxygen atoms in total. The minimum Gasteiger partial charge on any atom is -0.485 e. The van der Waals surface area contributed by atoms with Gasteiger partial charge >= 0.3 is 5.97 Å². The zero-order chi connectivity index (χ0) is 17.9. The SMILES string of the molecule is O=C(OCc1ncc(-c2ccc(Cl)cc2)o1)[C@@H]1COc2ccccc2O1. The maximum atomic E-state index is 12.2. The van der Waals surface area contributed by atoms with E-state index in [2.05, 4.69) is 4.98 Å². The zero-order valence-electron chi connectivity index (χ0n) is 13.6. The van der Waals surface area contributed by atoms with E-state index in [9.17, 15) is 4.79 Å². The molecule has 2 heterocycles. The minimum absolute atomic E-state index is 0.0894. The molecule has 1 aliphatic heterocycles. The molecule has 132 valence electrons. The topological polar surface area (TPSA) is 70.8 Å². The smallest absolute Gasteiger partial charge is 0.351 e. The number of halogens is 1. The zero-order valence-corrected chi connectivity index (χ0v) is 14.3. The van der Waals surface area contributed by atoms with Gasteiger partial charge in [-0.2, -0.15) is 0 Å². The molecular weight excluding hydrogens is 358 g/mol. The first-order valence-corrected chi connectivity index (χ1v) is 8.32. The number of carbonyl (C=O) groups is 1. The van der Waals surface area contributed by atoms with Crippen LogP contribution < -0.4 is 9.47 Å². The molecule has 0 bridgehead atoms. The Morgan fingerprint density at radius 1 is 1.15 bits per heavy atom. The van der Waals surface area contributed by atoms with Crippen LogP contribution in [0.15, 0.2) is 59.1 Å². The molecule has 0 unspecified atom stereocenters. The fourth-order valence-electron chi connectivity index (χ4n) is 2.49. The Morgan fingerprint density at radius 3 is 2.73 bits per heavy atom. The van der Waals surface area contributed by atoms with Gasteiger partial charge in [0.2, 0.25) is 12.0 Å². The quantitative estimate of drug-likeness (QED) is 0.648. The molecule has 0 fully saturated rings. The van der Waals surface area contributed by atoms with E-state index >= 15 is 0 Å². The first-order chi connectivity index (χ1) is 12.7. The van der Waals surface area contributed by atoms with E-state index in [-0.39, 0.29) is 13.2 Å². The standard InChI is InChI=1S/C19H14ClNO5/c20-13-7-5-12(6-8-13)16-9-21-18(26-16)11-24-19(22)17-10-23-14-3-1-2-4-15(14)25-17/h1-9,17H,10-11H2/t17-/m0/s1. The van der Waals surface area contributed by atoms with Gasteiger partial charge in [-0.3, -0.25) is 0 Å². The van der Waals surface area contributed by atoms with E-state index in [0.717, 1.165) is 5.56 Å². The first-order valence-electron chi connectivity index (χ1n) is 7.95. The third-order valence-electron chi connectivity index (χ3n) is 3.79. The number of esters is 1. The average molecular weight is 372 g/mol. The molecule has 0 spiro atoms. The van der Waals surface area contributed by atoms with Crippen LogP contribution in [0.1, 0.15) is 5.89 Å². The summed E-state index contributed by atoms with van der Waals surface area (Å²) in [6.07, 6.45) is 0.749. The van der Waals surface area contributed by atoms with Gasteiger partial charge < -0.3 is 18.6 Å². The molecular formula is C19H14ClNO5. The number of para-hydroxylation sites is 2. The Morgan fingerprint density at radius 2 is 1.92 bits per heavy atom.